The summed E-state index contributed by atoms with van der Waals surface area (Å²) in [6.07, 6.45) is 16.3. The number of aliphatic hydroxyl groups excluding tert-OH is 2. The van der Waals surface area contributed by atoms with Gasteiger partial charge in [-0.05, 0) is 215 Å². The Balaban J connectivity index is 0.748. The van der Waals surface area contributed by atoms with Crippen LogP contribution >= 0.6 is 0 Å². The van der Waals surface area contributed by atoms with E-state index in [0.717, 1.165) is 89.9 Å². The number of nitrogens with one attached hydrogen (secondary N) is 2. The van der Waals surface area contributed by atoms with Crippen LogP contribution in [0.25, 0.3) is 0 Å². The van der Waals surface area contributed by atoms with Crippen LogP contribution in [0.15, 0.2) is 0 Å². The van der Waals surface area contributed by atoms with Crippen molar-refractivity contribution in [2.24, 2.45) is 92.7 Å². The van der Waals surface area contributed by atoms with Crippen LogP contribution < -0.4 is 10.6 Å². The molecule has 8 saturated carbocycles. The second-order valence-corrected chi connectivity index (χ2v) is 30.1. The lowest BCUT2D eigenvalue weighted by Gasteiger charge is -2.62. The van der Waals surface area contributed by atoms with E-state index in [1.165, 1.54) is 0 Å². The first-order valence-corrected chi connectivity index (χ1v) is 32.6. The van der Waals surface area contributed by atoms with Gasteiger partial charge in [-0.1, -0.05) is 41.5 Å². The fourth-order valence-electron chi connectivity index (χ4n) is 19.3. The third-order valence-electron chi connectivity index (χ3n) is 23.2. The number of hydrogen-bond acceptors (Lipinski definition) is 12. The molecule has 0 radical (unpaired) electrons. The molecule has 8 fully saturated rings. The molecule has 8 rings (SSSR count). The lowest BCUT2D eigenvalue weighted by Crippen LogP contribution is -2.58. The maximum atomic E-state index is 13.3. The molecule has 428 valence electrons. The summed E-state index contributed by atoms with van der Waals surface area (Å²) in [6.45, 7) is 13.9. The van der Waals surface area contributed by atoms with Gasteiger partial charge in [0.05, 0.1) is 23.7 Å². The first-order chi connectivity index (χ1) is 35.1. The Morgan fingerprint density at radius 3 is 1.25 bits per heavy atom. The van der Waals surface area contributed by atoms with E-state index in [1.807, 2.05) is 0 Å². The number of aliphatic hydroxyl groups is 2. The number of carbonyl (C=O) groups excluding carboxylic acids is 4. The highest BCUT2D eigenvalue weighted by atomic mass is 32.2. The highest BCUT2D eigenvalue weighted by molar-refractivity contribution is 7.86. The van der Waals surface area contributed by atoms with Crippen molar-refractivity contribution in [3.05, 3.63) is 0 Å². The van der Waals surface area contributed by atoms with Crippen molar-refractivity contribution in [3.8, 4) is 0 Å². The molecule has 16 nitrogen and oxygen atoms in total. The summed E-state index contributed by atoms with van der Waals surface area (Å²) in [5.41, 5.74) is 0.247. The molecule has 0 aliphatic heterocycles. The van der Waals surface area contributed by atoms with E-state index >= 15 is 0 Å². The minimum absolute atomic E-state index is 0.0529. The van der Waals surface area contributed by atoms with Crippen molar-refractivity contribution in [1.82, 2.24) is 10.6 Å². The van der Waals surface area contributed by atoms with E-state index in [1.54, 1.807) is 0 Å². The van der Waals surface area contributed by atoms with E-state index in [4.69, 9.17) is 18.6 Å². The van der Waals surface area contributed by atoms with Crippen molar-refractivity contribution in [1.29, 1.82) is 0 Å². The van der Waals surface area contributed by atoms with Gasteiger partial charge in [0.25, 0.3) is 20.2 Å². The highest BCUT2D eigenvalue weighted by Gasteiger charge is 2.65. The number of ether oxygens (including phenoxy) is 2. The molecular weight excluding hydrogens is 1000 g/mol. The lowest BCUT2D eigenvalue weighted by atomic mass is 9.43. The predicted molar refractivity (Wildman–Crippen MR) is 282 cm³/mol. The molecular formula is C57H94N2O14S2. The molecule has 20 atom stereocenters. The molecule has 0 spiro atoms. The summed E-state index contributed by atoms with van der Waals surface area (Å²) >= 11 is 0. The number of fused-ring (bicyclic) bond motifs is 10. The van der Waals surface area contributed by atoms with E-state index in [9.17, 15) is 46.2 Å². The highest BCUT2D eigenvalue weighted by Crippen LogP contribution is 2.70. The molecule has 8 aliphatic rings. The fraction of sp³-hybridized carbons (Fsp3) is 0.930. The standard InChI is InChI=1S/C57H94N2O14S2/c1-34(10-16-48(62)58-26-28-74(66,67)68)40-12-14-42-52-44(20-24-56(40,42)5)54(3)22-18-38(30-36(54)32-46(52)60)72-50(64)8-7-9-51(65)73-39-19-23-55(4)37(31-39)33-47(61)53-43-15-13-41(57(43,6)25-21-45(53)55)35(2)11-17-49(63)59-27-29-75(69,70)71/h34-47,52-53,60-61H,7-33H2,1-6H3,(H,58,62)(H,59,63)(H,66,67,68)(H,69,70,71)/t34-,35-,36?,37?,38-,39-,40-,41-,42+,43+,44+,45+,46+,47+,52?,53?,54+,55+,56-,57-/m1/s1. The molecule has 0 saturated heterocycles. The van der Waals surface area contributed by atoms with Crippen molar-refractivity contribution < 1.29 is 64.8 Å². The molecule has 75 heavy (non-hydrogen) atoms. The topological polar surface area (TPSA) is 260 Å². The summed E-state index contributed by atoms with van der Waals surface area (Å²) in [5.74, 6) is 2.02. The Labute approximate surface area is 448 Å². The molecule has 6 N–H and O–H groups in total. The molecule has 0 aromatic carbocycles. The normalized spacial score (nSPS) is 42.0. The molecule has 0 bridgehead atoms. The van der Waals surface area contributed by atoms with Gasteiger partial charge in [-0.25, -0.2) is 0 Å². The second kappa shape index (κ2) is 23.0. The smallest absolute Gasteiger partial charge is 0.306 e. The summed E-state index contributed by atoms with van der Waals surface area (Å²) in [4.78, 5) is 51.6. The summed E-state index contributed by atoms with van der Waals surface area (Å²) in [7, 11) is -8.26. The van der Waals surface area contributed by atoms with Gasteiger partial charge >= 0.3 is 11.9 Å². The molecule has 2 amide bonds. The molecule has 8 aliphatic carbocycles. The average molecular weight is 1100 g/mol. The largest absolute Gasteiger partial charge is 0.462 e. The van der Waals surface area contributed by atoms with Crippen molar-refractivity contribution in [3.63, 3.8) is 0 Å². The van der Waals surface area contributed by atoms with Crippen molar-refractivity contribution in [2.75, 3.05) is 24.6 Å². The molecule has 0 aromatic heterocycles. The zero-order valence-electron chi connectivity index (χ0n) is 46.0. The van der Waals surface area contributed by atoms with Gasteiger partial charge in [-0.3, -0.25) is 28.3 Å². The zero-order valence-corrected chi connectivity index (χ0v) is 47.7. The van der Waals surface area contributed by atoms with Crippen LogP contribution in [-0.4, -0.2) is 109 Å². The third kappa shape index (κ3) is 12.7. The number of amides is 2. The third-order valence-corrected chi connectivity index (χ3v) is 24.6. The van der Waals surface area contributed by atoms with Gasteiger partial charge in [0.2, 0.25) is 11.8 Å². The molecule has 4 unspecified atom stereocenters. The number of esters is 2. The van der Waals surface area contributed by atoms with Gasteiger partial charge < -0.3 is 30.3 Å². The summed E-state index contributed by atoms with van der Waals surface area (Å²) < 4.78 is 74.4. The first-order valence-electron chi connectivity index (χ1n) is 29.3. The SMILES string of the molecule is C[C@H](CCC(=O)NCCS(=O)(=O)O)[C@H]1CC[C@H]2C3[C@@H](O)CC4C[C@H](OC(=O)CCCC(=O)O[C@@H]5CC[C@@]6(C)C(C5)C[C@H](O)C5[C@@H]7CC[C@H]([C@H](C)CCC(=O)NCCS(=O)(=O)O)[C@@]7(C)CC[C@@H]56)CC[C@]4(C)[C@H]3CC[C@]12C. The van der Waals surface area contributed by atoms with Gasteiger partial charge in [0.15, 0.2) is 0 Å². The maximum absolute atomic E-state index is 13.3. The van der Waals surface area contributed by atoms with Crippen molar-refractivity contribution in [2.45, 2.75) is 214 Å². The average Bonchev–Trinajstić information content (AvgIpc) is 3.87. The fourth-order valence-corrected chi connectivity index (χ4v) is 20.1. The Hall–Kier alpha value is -2.38. The van der Waals surface area contributed by atoms with Crippen LogP contribution in [0.1, 0.15) is 189 Å². The lowest BCUT2D eigenvalue weighted by molar-refractivity contribution is -0.183. The number of hydrogen-bond donors (Lipinski definition) is 6. The van der Waals surface area contributed by atoms with Crippen molar-refractivity contribution >= 4 is 44.0 Å². The summed E-state index contributed by atoms with van der Waals surface area (Å²) in [5, 5.41) is 29.1. The molecule has 0 aromatic rings. The van der Waals surface area contributed by atoms with E-state index in [0.29, 0.717) is 92.3 Å². The van der Waals surface area contributed by atoms with Crippen LogP contribution in [0.5, 0.6) is 0 Å². The number of rotatable bonds is 20. The van der Waals surface area contributed by atoms with E-state index in [2.05, 4.69) is 52.2 Å². The zero-order chi connectivity index (χ0) is 54.5. The van der Waals surface area contributed by atoms with E-state index < -0.39 is 43.9 Å². The Bertz CT molecular complexity index is 2140. The minimum atomic E-state index is -4.13. The van der Waals surface area contributed by atoms with Crippen LogP contribution in [0.3, 0.4) is 0 Å². The molecule has 18 heteroatoms. The van der Waals surface area contributed by atoms with Crippen LogP contribution in [0.2, 0.25) is 0 Å². The Kier molecular flexibility index (Phi) is 18.0. The maximum Gasteiger partial charge on any atom is 0.306 e. The van der Waals surface area contributed by atoms with Gasteiger partial charge in [0, 0.05) is 38.8 Å². The predicted octanol–water partition coefficient (Wildman–Crippen LogP) is 8.08. The number of carbonyl (C=O) groups is 4. The second-order valence-electron chi connectivity index (χ2n) is 27.0. The Morgan fingerprint density at radius 2 is 0.880 bits per heavy atom. The first kappa shape index (κ1) is 58.8. The van der Waals surface area contributed by atoms with Crippen LogP contribution in [0, 0.1) is 92.7 Å². The van der Waals surface area contributed by atoms with Crippen LogP contribution in [0.4, 0.5) is 0 Å². The minimum Gasteiger partial charge on any atom is -0.462 e. The molecule has 0 heterocycles. The van der Waals surface area contributed by atoms with Gasteiger partial charge in [0.1, 0.15) is 12.2 Å². The van der Waals surface area contributed by atoms with Crippen LogP contribution in [-0.2, 0) is 48.9 Å². The Morgan fingerprint density at radius 1 is 0.520 bits per heavy atom. The van der Waals surface area contributed by atoms with E-state index in [-0.39, 0.29) is 107 Å². The van der Waals surface area contributed by atoms with Gasteiger partial charge in [-0.2, -0.15) is 16.8 Å². The monoisotopic (exact) mass is 1090 g/mol. The quantitative estimate of drug-likeness (QED) is 0.0498. The van der Waals surface area contributed by atoms with Gasteiger partial charge in [-0.15, -0.1) is 0 Å². The summed E-state index contributed by atoms with van der Waals surface area (Å²) in [6, 6.07) is 0.